The molecule has 10 heteroatoms. The van der Waals surface area contributed by atoms with E-state index in [0.717, 1.165) is 0 Å². The molecule has 0 saturated carbocycles. The molecule has 0 aliphatic carbocycles. The number of nitrogens with zero attached hydrogens (tertiary/aromatic N) is 1. The van der Waals surface area contributed by atoms with E-state index in [2.05, 4.69) is 32.0 Å². The van der Waals surface area contributed by atoms with E-state index in [-0.39, 0.29) is 31.3 Å². The Hall–Kier alpha value is 0.227. The number of amidine groups is 1. The Morgan fingerprint density at radius 1 is 1.67 bits per heavy atom. The van der Waals surface area contributed by atoms with Crippen molar-refractivity contribution in [1.29, 1.82) is 0 Å². The van der Waals surface area contributed by atoms with E-state index in [1.54, 1.807) is 0 Å². The monoisotopic (exact) mass is 287 g/mol. The summed E-state index contributed by atoms with van der Waals surface area (Å²) in [5.74, 6) is 0.403. The summed E-state index contributed by atoms with van der Waals surface area (Å²) in [5, 5.41) is 5.80. The first-order chi connectivity index (χ1) is 7.99. The van der Waals surface area contributed by atoms with Crippen LogP contribution in [0.25, 0.3) is 0 Å². The minimum Gasteiger partial charge on any atom is -0.780 e. The molecule has 0 aromatic carbocycles. The van der Waals surface area contributed by atoms with Gasteiger partial charge in [-0.3, -0.25) is 9.79 Å². The summed E-state index contributed by atoms with van der Waals surface area (Å²) in [4.78, 5) is 34.7. The normalized spacial score (nSPS) is 17.3. The van der Waals surface area contributed by atoms with Gasteiger partial charge in [0.05, 0.1) is 13.2 Å². The van der Waals surface area contributed by atoms with Crippen LogP contribution in [0.2, 0.25) is 0 Å². The molecule has 1 rings (SSSR count). The number of aliphatic imine (C=N–C) groups is 1. The molecule has 18 heavy (non-hydrogen) atoms. The second-order valence-corrected chi connectivity index (χ2v) is 5.96. The number of carbonyl (C=O) groups excluding carboxylic acids is 1. The van der Waals surface area contributed by atoms with Crippen molar-refractivity contribution >= 4 is 30.1 Å². The number of hydrogen-bond acceptors (Lipinski definition) is 7. The molecule has 3 N–H and O–H groups in total. The van der Waals surface area contributed by atoms with E-state index >= 15 is 0 Å². The third-order valence-electron chi connectivity index (χ3n) is 2.00. The molecule has 1 heterocycles. The van der Waals surface area contributed by atoms with Crippen molar-refractivity contribution in [3.8, 4) is 0 Å². The minimum absolute atomic E-state index is 0. The molecule has 0 fully saturated rings. The molecule has 0 unspecified atom stereocenters. The van der Waals surface area contributed by atoms with Gasteiger partial charge in [0.1, 0.15) is 6.72 Å². The largest absolute Gasteiger partial charge is 1.00 e. The number of rotatable bonds is 8. The molecule has 1 aliphatic rings. The van der Waals surface area contributed by atoms with Gasteiger partial charge in [0.25, 0.3) is 0 Å². The van der Waals surface area contributed by atoms with Crippen LogP contribution >= 0.6 is 6.72 Å². The van der Waals surface area contributed by atoms with Crippen LogP contribution in [0.3, 0.4) is 0 Å². The SMILES string of the molecule is O=C(CCNCCO[P@]([O-])(O)=S)C1=NCCN1.[Li+]. The third-order valence-corrected chi connectivity index (χ3v) is 2.83. The number of carbonyl (C=O) groups is 1. The average Bonchev–Trinajstić information content (AvgIpc) is 2.74. The van der Waals surface area contributed by atoms with Gasteiger partial charge in [-0.05, 0) is 0 Å². The zero-order valence-electron chi connectivity index (χ0n) is 10.2. The topological polar surface area (TPSA) is 106 Å². The number of ketones is 1. The molecule has 1 aliphatic heterocycles. The van der Waals surface area contributed by atoms with E-state index < -0.39 is 6.72 Å². The van der Waals surface area contributed by atoms with E-state index in [1.807, 2.05) is 0 Å². The summed E-state index contributed by atoms with van der Waals surface area (Å²) in [6, 6.07) is 0. The quantitative estimate of drug-likeness (QED) is 0.233. The van der Waals surface area contributed by atoms with Gasteiger partial charge >= 0.3 is 18.9 Å². The van der Waals surface area contributed by atoms with Crippen LogP contribution in [-0.2, 0) is 21.1 Å². The molecule has 0 saturated heterocycles. The maximum Gasteiger partial charge on any atom is 1.00 e. The van der Waals surface area contributed by atoms with Crippen LogP contribution in [0, 0.1) is 0 Å². The van der Waals surface area contributed by atoms with Crippen molar-refractivity contribution in [2.24, 2.45) is 4.99 Å². The van der Waals surface area contributed by atoms with Gasteiger partial charge in [-0.1, -0.05) is 11.8 Å². The number of Topliss-reactive ketones (excluding diaryl/α,β-unsaturated/α-hetero) is 1. The van der Waals surface area contributed by atoms with Gasteiger partial charge < -0.3 is 24.9 Å². The van der Waals surface area contributed by atoms with Crippen molar-refractivity contribution in [2.45, 2.75) is 6.42 Å². The van der Waals surface area contributed by atoms with E-state index in [1.165, 1.54) is 0 Å². The molecule has 0 spiro atoms. The Balaban J connectivity index is 0.00000289. The molecule has 0 amide bonds. The molecule has 1 atom stereocenters. The summed E-state index contributed by atoms with van der Waals surface area (Å²) in [6.07, 6.45) is 0.330. The van der Waals surface area contributed by atoms with Crippen molar-refractivity contribution in [3.05, 3.63) is 0 Å². The fourth-order valence-electron chi connectivity index (χ4n) is 1.26. The standard InChI is InChI=1S/C8H16N3O4PS.Li/c12-7(8-10-3-4-11-8)1-2-9-5-6-15-16(13,14)17;/h9H,1-6H2,(H,10,11)(H2,13,14,17);/q;+1/p-1. The minimum atomic E-state index is -3.80. The number of hydrogen-bond donors (Lipinski definition) is 3. The van der Waals surface area contributed by atoms with Crippen molar-refractivity contribution in [2.75, 3.05) is 32.8 Å². The van der Waals surface area contributed by atoms with Crippen LogP contribution in [-0.4, -0.2) is 49.3 Å². The zero-order valence-corrected chi connectivity index (χ0v) is 11.9. The summed E-state index contributed by atoms with van der Waals surface area (Å²) >= 11 is 4.16. The van der Waals surface area contributed by atoms with Crippen molar-refractivity contribution < 1.29 is 38.0 Å². The first-order valence-corrected chi connectivity index (χ1v) is 7.79. The van der Waals surface area contributed by atoms with Crippen molar-refractivity contribution in [1.82, 2.24) is 10.6 Å². The molecular formula is C8H15LiN3O4PS. The van der Waals surface area contributed by atoms with E-state index in [9.17, 15) is 9.69 Å². The molecular weight excluding hydrogens is 272 g/mol. The second-order valence-electron chi connectivity index (χ2n) is 3.38. The van der Waals surface area contributed by atoms with Crippen LogP contribution in [0.5, 0.6) is 0 Å². The fourth-order valence-corrected chi connectivity index (χ4v) is 1.81. The predicted octanol–water partition coefficient (Wildman–Crippen LogP) is -4.87. The van der Waals surface area contributed by atoms with Gasteiger partial charge in [-0.2, -0.15) is 0 Å². The summed E-state index contributed by atoms with van der Waals surface area (Å²) in [6.45, 7) is -1.56. The molecule has 0 bridgehead atoms. The van der Waals surface area contributed by atoms with Gasteiger partial charge in [0, 0.05) is 26.1 Å². The van der Waals surface area contributed by atoms with Gasteiger partial charge in [-0.25, -0.2) is 0 Å². The fraction of sp³-hybridized carbons (Fsp3) is 0.750. The van der Waals surface area contributed by atoms with Crippen LogP contribution < -0.4 is 34.4 Å². The third kappa shape index (κ3) is 8.35. The second kappa shape index (κ2) is 9.18. The van der Waals surface area contributed by atoms with Gasteiger partial charge in [-0.15, -0.1) is 0 Å². The van der Waals surface area contributed by atoms with Crippen molar-refractivity contribution in [3.63, 3.8) is 0 Å². The Bertz CT molecular complexity index is 349. The Morgan fingerprint density at radius 3 is 2.94 bits per heavy atom. The maximum absolute atomic E-state index is 11.5. The van der Waals surface area contributed by atoms with E-state index in [4.69, 9.17) is 4.89 Å². The van der Waals surface area contributed by atoms with Gasteiger partial charge in [0.2, 0.25) is 0 Å². The molecule has 0 aromatic heterocycles. The van der Waals surface area contributed by atoms with E-state index in [0.29, 0.717) is 38.4 Å². The predicted molar refractivity (Wildman–Crippen MR) is 65.3 cm³/mol. The smallest absolute Gasteiger partial charge is 0.780 e. The maximum atomic E-state index is 11.5. The average molecular weight is 287 g/mol. The first-order valence-electron chi connectivity index (χ1n) is 5.19. The summed E-state index contributed by atoms with van der Waals surface area (Å²) in [5.41, 5.74) is 0. The summed E-state index contributed by atoms with van der Waals surface area (Å²) in [7, 11) is 0. The molecule has 0 aromatic rings. The molecule has 0 radical (unpaired) electrons. The van der Waals surface area contributed by atoms with Crippen LogP contribution in [0.1, 0.15) is 6.42 Å². The summed E-state index contributed by atoms with van der Waals surface area (Å²) < 4.78 is 4.48. The van der Waals surface area contributed by atoms with Crippen LogP contribution in [0.4, 0.5) is 0 Å². The molecule has 98 valence electrons. The molecule has 7 nitrogen and oxygen atoms in total. The Labute approximate surface area is 123 Å². The Morgan fingerprint density at radius 2 is 2.39 bits per heavy atom. The Kier molecular flexibility index (Phi) is 9.30. The first kappa shape index (κ1) is 18.2. The zero-order chi connectivity index (χ0) is 12.7. The van der Waals surface area contributed by atoms with Gasteiger partial charge in [0.15, 0.2) is 11.6 Å². The number of nitrogens with one attached hydrogen (secondary N) is 2. The van der Waals surface area contributed by atoms with Crippen LogP contribution in [0.15, 0.2) is 4.99 Å².